The molecular weight excluding hydrogens is 288 g/mol. The number of amides is 1. The first-order valence-electron chi connectivity index (χ1n) is 8.60. The lowest BCUT2D eigenvalue weighted by Gasteiger charge is -2.38. The molecule has 0 saturated heterocycles. The van der Waals surface area contributed by atoms with Crippen LogP contribution >= 0.6 is 0 Å². The van der Waals surface area contributed by atoms with Crippen molar-refractivity contribution in [3.8, 4) is 0 Å². The van der Waals surface area contributed by atoms with Crippen molar-refractivity contribution in [1.29, 1.82) is 0 Å². The molecular formula is C19H30N2O2. The monoisotopic (exact) mass is 318 g/mol. The number of hydrogen-bond acceptors (Lipinski definition) is 3. The molecule has 1 aliphatic rings. The average molecular weight is 318 g/mol. The predicted molar refractivity (Wildman–Crippen MR) is 93.4 cm³/mol. The number of nitrogens with two attached hydrogens (primary N) is 1. The summed E-state index contributed by atoms with van der Waals surface area (Å²) in [6.45, 7) is 6.73. The number of benzene rings is 1. The lowest BCUT2D eigenvalue weighted by molar-refractivity contribution is 0.0510. The Labute approximate surface area is 139 Å². The zero-order chi connectivity index (χ0) is 16.9. The molecule has 3 N–H and O–H groups in total. The second-order valence-electron chi connectivity index (χ2n) is 7.54. The zero-order valence-corrected chi connectivity index (χ0v) is 14.6. The van der Waals surface area contributed by atoms with Crippen LogP contribution in [0.4, 0.5) is 4.79 Å². The molecule has 1 atom stereocenters. The van der Waals surface area contributed by atoms with Crippen LogP contribution in [-0.4, -0.2) is 24.8 Å². The van der Waals surface area contributed by atoms with Crippen LogP contribution in [0.3, 0.4) is 0 Å². The van der Waals surface area contributed by atoms with E-state index in [4.69, 9.17) is 10.5 Å². The van der Waals surface area contributed by atoms with Gasteiger partial charge in [-0.2, -0.15) is 0 Å². The summed E-state index contributed by atoms with van der Waals surface area (Å²) in [6.07, 6.45) is 4.34. The molecule has 0 aromatic heterocycles. The Bertz CT molecular complexity index is 502. The Balaban J connectivity index is 2.09. The molecule has 0 bridgehead atoms. The highest BCUT2D eigenvalue weighted by molar-refractivity contribution is 5.67. The average Bonchev–Trinajstić information content (AvgIpc) is 2.98. The topological polar surface area (TPSA) is 64.3 Å². The predicted octanol–water partition coefficient (Wildman–Crippen LogP) is 3.60. The van der Waals surface area contributed by atoms with Crippen LogP contribution in [0, 0.1) is 5.92 Å². The summed E-state index contributed by atoms with van der Waals surface area (Å²) < 4.78 is 5.34. The Morgan fingerprint density at radius 3 is 2.39 bits per heavy atom. The molecule has 2 rings (SSSR count). The van der Waals surface area contributed by atoms with E-state index in [1.165, 1.54) is 18.4 Å². The van der Waals surface area contributed by atoms with Gasteiger partial charge in [0.2, 0.25) is 0 Å². The van der Waals surface area contributed by atoms with E-state index in [9.17, 15) is 4.79 Å². The maximum Gasteiger partial charge on any atom is 0.407 e. The molecule has 0 spiro atoms. The molecule has 4 heteroatoms. The smallest absolute Gasteiger partial charge is 0.407 e. The van der Waals surface area contributed by atoms with Crippen molar-refractivity contribution in [3.63, 3.8) is 0 Å². The van der Waals surface area contributed by atoms with Gasteiger partial charge in [-0.15, -0.1) is 0 Å². The molecule has 0 heterocycles. The number of rotatable bonds is 5. The maximum absolute atomic E-state index is 12.0. The van der Waals surface area contributed by atoms with Gasteiger partial charge in [0.25, 0.3) is 0 Å². The molecule has 23 heavy (non-hydrogen) atoms. The standard InChI is InChI=1S/C19H30N2O2/c1-18(2,3)23-17(22)21-14-16(13-20)19(11-7-8-12-19)15-9-5-4-6-10-15/h4-6,9-10,16H,7-8,11-14,20H2,1-3H3,(H,21,22). The number of alkyl carbamates (subject to hydrolysis) is 1. The molecule has 0 aliphatic heterocycles. The van der Waals surface area contributed by atoms with E-state index < -0.39 is 5.60 Å². The van der Waals surface area contributed by atoms with Crippen LogP contribution in [0.2, 0.25) is 0 Å². The summed E-state index contributed by atoms with van der Waals surface area (Å²) in [4.78, 5) is 12.0. The molecule has 1 saturated carbocycles. The van der Waals surface area contributed by atoms with Gasteiger partial charge in [-0.05, 0) is 51.6 Å². The van der Waals surface area contributed by atoms with Crippen LogP contribution in [0.5, 0.6) is 0 Å². The fraction of sp³-hybridized carbons (Fsp3) is 0.632. The highest BCUT2D eigenvalue weighted by atomic mass is 16.6. The van der Waals surface area contributed by atoms with Gasteiger partial charge < -0.3 is 15.8 Å². The van der Waals surface area contributed by atoms with Gasteiger partial charge in [-0.1, -0.05) is 43.2 Å². The van der Waals surface area contributed by atoms with Crippen LogP contribution in [0.15, 0.2) is 30.3 Å². The molecule has 1 aliphatic carbocycles. The number of nitrogens with one attached hydrogen (secondary N) is 1. The Morgan fingerprint density at radius 2 is 1.87 bits per heavy atom. The summed E-state index contributed by atoms with van der Waals surface area (Å²) in [7, 11) is 0. The molecule has 1 amide bonds. The third-order valence-electron chi connectivity index (χ3n) is 4.80. The second kappa shape index (κ2) is 7.35. The Kier molecular flexibility index (Phi) is 5.69. The van der Waals surface area contributed by atoms with E-state index in [0.29, 0.717) is 13.1 Å². The van der Waals surface area contributed by atoms with Gasteiger partial charge in [0.15, 0.2) is 0 Å². The lowest BCUT2D eigenvalue weighted by Crippen LogP contribution is -2.45. The van der Waals surface area contributed by atoms with E-state index in [1.807, 2.05) is 26.8 Å². The first kappa shape index (κ1) is 17.8. The minimum atomic E-state index is -0.479. The fourth-order valence-electron chi connectivity index (χ4n) is 3.73. The molecule has 1 aromatic carbocycles. The largest absolute Gasteiger partial charge is 0.444 e. The van der Waals surface area contributed by atoms with Crippen molar-refractivity contribution in [2.24, 2.45) is 11.7 Å². The van der Waals surface area contributed by atoms with Crippen molar-refractivity contribution in [1.82, 2.24) is 5.32 Å². The maximum atomic E-state index is 12.0. The molecule has 128 valence electrons. The minimum absolute atomic E-state index is 0.0744. The van der Waals surface area contributed by atoms with Gasteiger partial charge in [-0.25, -0.2) is 4.79 Å². The van der Waals surface area contributed by atoms with Crippen LogP contribution in [-0.2, 0) is 10.2 Å². The lowest BCUT2D eigenvalue weighted by atomic mass is 9.69. The van der Waals surface area contributed by atoms with Gasteiger partial charge in [-0.3, -0.25) is 0 Å². The van der Waals surface area contributed by atoms with Crippen LogP contribution in [0.1, 0.15) is 52.0 Å². The fourth-order valence-corrected chi connectivity index (χ4v) is 3.73. The van der Waals surface area contributed by atoms with Crippen molar-refractivity contribution in [3.05, 3.63) is 35.9 Å². The third-order valence-corrected chi connectivity index (χ3v) is 4.80. The van der Waals surface area contributed by atoms with E-state index in [1.54, 1.807) is 0 Å². The zero-order valence-electron chi connectivity index (χ0n) is 14.6. The van der Waals surface area contributed by atoms with Crippen LogP contribution in [0.25, 0.3) is 0 Å². The summed E-state index contributed by atoms with van der Waals surface area (Å²) in [5.74, 6) is 0.222. The normalized spacial score (nSPS) is 18.4. The quantitative estimate of drug-likeness (QED) is 0.872. The first-order chi connectivity index (χ1) is 10.9. The van der Waals surface area contributed by atoms with E-state index >= 15 is 0 Å². The van der Waals surface area contributed by atoms with Crippen molar-refractivity contribution in [2.45, 2.75) is 57.5 Å². The van der Waals surface area contributed by atoms with Crippen molar-refractivity contribution < 1.29 is 9.53 Å². The SMILES string of the molecule is CC(C)(C)OC(=O)NCC(CN)C1(c2ccccc2)CCCC1. The summed E-state index contributed by atoms with van der Waals surface area (Å²) in [5, 5.41) is 2.92. The number of carbonyl (C=O) groups is 1. The number of ether oxygens (including phenoxy) is 1. The number of carbonyl (C=O) groups excluding carboxylic acids is 1. The highest BCUT2D eigenvalue weighted by Crippen LogP contribution is 2.46. The van der Waals surface area contributed by atoms with Gasteiger partial charge in [0.05, 0.1) is 0 Å². The van der Waals surface area contributed by atoms with Gasteiger partial charge in [0.1, 0.15) is 5.60 Å². The number of hydrogen-bond donors (Lipinski definition) is 2. The Hall–Kier alpha value is -1.55. The Morgan fingerprint density at radius 1 is 1.26 bits per heavy atom. The second-order valence-corrected chi connectivity index (χ2v) is 7.54. The molecule has 1 aromatic rings. The minimum Gasteiger partial charge on any atom is -0.444 e. The molecule has 0 radical (unpaired) electrons. The highest BCUT2D eigenvalue weighted by Gasteiger charge is 2.42. The van der Waals surface area contributed by atoms with Gasteiger partial charge >= 0.3 is 6.09 Å². The van der Waals surface area contributed by atoms with Crippen molar-refractivity contribution >= 4 is 6.09 Å². The summed E-state index contributed by atoms with van der Waals surface area (Å²) in [5.41, 5.74) is 7.04. The van der Waals surface area contributed by atoms with E-state index in [0.717, 1.165) is 12.8 Å². The van der Waals surface area contributed by atoms with Crippen molar-refractivity contribution in [2.75, 3.05) is 13.1 Å². The summed E-state index contributed by atoms with van der Waals surface area (Å²) in [6, 6.07) is 10.6. The first-order valence-corrected chi connectivity index (χ1v) is 8.60. The molecule has 1 fully saturated rings. The van der Waals surface area contributed by atoms with Gasteiger partial charge in [0, 0.05) is 12.0 Å². The van der Waals surface area contributed by atoms with E-state index in [-0.39, 0.29) is 17.4 Å². The third kappa shape index (κ3) is 4.47. The van der Waals surface area contributed by atoms with E-state index in [2.05, 4.69) is 29.6 Å². The van der Waals surface area contributed by atoms with Crippen LogP contribution < -0.4 is 11.1 Å². The molecule has 1 unspecified atom stereocenters. The molecule has 4 nitrogen and oxygen atoms in total. The summed E-state index contributed by atoms with van der Waals surface area (Å²) >= 11 is 0.